The van der Waals surface area contributed by atoms with Crippen molar-refractivity contribution in [2.24, 2.45) is 11.7 Å². The summed E-state index contributed by atoms with van der Waals surface area (Å²) in [6.45, 7) is 7.74. The van der Waals surface area contributed by atoms with Crippen LogP contribution in [0.15, 0.2) is 18.2 Å². The van der Waals surface area contributed by atoms with Gasteiger partial charge in [-0.3, -0.25) is 4.79 Å². The first kappa shape index (κ1) is 11.9. The van der Waals surface area contributed by atoms with E-state index in [9.17, 15) is 4.79 Å². The quantitative estimate of drug-likeness (QED) is 0.770. The normalized spacial score (nSPS) is 14.7. The van der Waals surface area contributed by atoms with Gasteiger partial charge in [0.05, 0.1) is 0 Å². The van der Waals surface area contributed by atoms with Crippen LogP contribution in [0.4, 0.5) is 0 Å². The van der Waals surface area contributed by atoms with Crippen molar-refractivity contribution in [3.05, 3.63) is 34.9 Å². The van der Waals surface area contributed by atoms with Crippen molar-refractivity contribution in [3.8, 4) is 0 Å². The van der Waals surface area contributed by atoms with Crippen LogP contribution in [-0.4, -0.2) is 11.8 Å². The zero-order valence-corrected chi connectivity index (χ0v) is 9.87. The van der Waals surface area contributed by atoms with Crippen LogP contribution in [0.2, 0.25) is 0 Å². The Kier molecular flexibility index (Phi) is 3.64. The number of hydrogen-bond donors (Lipinski definition) is 1. The maximum atomic E-state index is 12.0. The number of benzene rings is 1. The number of carbonyl (C=O) groups is 1. The molecule has 0 radical (unpaired) electrons. The van der Waals surface area contributed by atoms with Crippen LogP contribution < -0.4 is 5.73 Å². The van der Waals surface area contributed by atoms with Gasteiger partial charge in [0.25, 0.3) is 0 Å². The van der Waals surface area contributed by atoms with Gasteiger partial charge in [-0.2, -0.15) is 0 Å². The maximum Gasteiger partial charge on any atom is 0.167 e. The van der Waals surface area contributed by atoms with Gasteiger partial charge in [-0.1, -0.05) is 30.7 Å². The number of Topliss-reactive ketones (excluding diaryl/α,β-unsaturated/α-hetero) is 1. The van der Waals surface area contributed by atoms with Gasteiger partial charge >= 0.3 is 0 Å². The average molecular weight is 205 g/mol. The number of nitrogens with two attached hydrogens (primary N) is 1. The second-order valence-corrected chi connectivity index (χ2v) is 4.33. The van der Waals surface area contributed by atoms with Crippen molar-refractivity contribution < 1.29 is 4.79 Å². The summed E-state index contributed by atoms with van der Waals surface area (Å²) < 4.78 is 0. The molecular weight excluding hydrogens is 186 g/mol. The highest BCUT2D eigenvalue weighted by atomic mass is 16.1. The van der Waals surface area contributed by atoms with Crippen molar-refractivity contribution in [1.29, 1.82) is 0 Å². The molecule has 0 aliphatic heterocycles. The summed E-state index contributed by atoms with van der Waals surface area (Å²) in [4.78, 5) is 12.0. The molecule has 0 aliphatic rings. The van der Waals surface area contributed by atoms with Gasteiger partial charge in [-0.25, -0.2) is 0 Å². The zero-order valence-electron chi connectivity index (χ0n) is 9.87. The first-order chi connectivity index (χ1) is 6.93. The van der Waals surface area contributed by atoms with E-state index in [1.807, 2.05) is 45.9 Å². The highest BCUT2D eigenvalue weighted by Crippen LogP contribution is 2.16. The molecule has 1 aromatic carbocycles. The van der Waals surface area contributed by atoms with Gasteiger partial charge in [0.1, 0.15) is 0 Å². The second kappa shape index (κ2) is 4.58. The molecule has 0 aromatic heterocycles. The predicted molar refractivity (Wildman–Crippen MR) is 63.1 cm³/mol. The minimum absolute atomic E-state index is 0.0989. The summed E-state index contributed by atoms with van der Waals surface area (Å²) >= 11 is 0. The smallest absolute Gasteiger partial charge is 0.167 e. The molecule has 2 unspecified atom stereocenters. The van der Waals surface area contributed by atoms with Crippen LogP contribution in [-0.2, 0) is 0 Å². The van der Waals surface area contributed by atoms with Crippen molar-refractivity contribution in [1.82, 2.24) is 0 Å². The Morgan fingerprint density at radius 1 is 1.27 bits per heavy atom. The van der Waals surface area contributed by atoms with E-state index < -0.39 is 0 Å². The minimum atomic E-state index is -0.119. The zero-order chi connectivity index (χ0) is 11.6. The van der Waals surface area contributed by atoms with E-state index in [-0.39, 0.29) is 17.7 Å². The molecule has 0 spiro atoms. The maximum absolute atomic E-state index is 12.0. The molecule has 1 aromatic rings. The number of hydrogen-bond acceptors (Lipinski definition) is 2. The molecule has 0 bridgehead atoms. The summed E-state index contributed by atoms with van der Waals surface area (Å²) in [5.74, 6) is 0.0221. The van der Waals surface area contributed by atoms with Crippen LogP contribution in [0.25, 0.3) is 0 Å². The van der Waals surface area contributed by atoms with Crippen LogP contribution in [0.3, 0.4) is 0 Å². The summed E-state index contributed by atoms with van der Waals surface area (Å²) in [6, 6.07) is 5.79. The molecular formula is C13H19NO. The van der Waals surface area contributed by atoms with Gasteiger partial charge in [0.2, 0.25) is 0 Å². The van der Waals surface area contributed by atoms with Gasteiger partial charge in [0.15, 0.2) is 5.78 Å². The molecule has 0 saturated carbocycles. The third-order valence-corrected chi connectivity index (χ3v) is 2.85. The van der Waals surface area contributed by atoms with Crippen LogP contribution in [0, 0.1) is 19.8 Å². The Labute approximate surface area is 91.5 Å². The van der Waals surface area contributed by atoms with Crippen LogP contribution in [0.1, 0.15) is 35.3 Å². The molecule has 2 nitrogen and oxygen atoms in total. The highest BCUT2D eigenvalue weighted by Gasteiger charge is 2.19. The van der Waals surface area contributed by atoms with Crippen molar-refractivity contribution in [2.75, 3.05) is 0 Å². The van der Waals surface area contributed by atoms with Crippen molar-refractivity contribution in [2.45, 2.75) is 33.7 Å². The molecule has 1 rings (SSSR count). The molecule has 82 valence electrons. The lowest BCUT2D eigenvalue weighted by Crippen LogP contribution is -2.30. The molecule has 15 heavy (non-hydrogen) atoms. The van der Waals surface area contributed by atoms with Crippen molar-refractivity contribution >= 4 is 5.78 Å². The van der Waals surface area contributed by atoms with E-state index in [4.69, 9.17) is 5.73 Å². The molecule has 0 heterocycles. The Morgan fingerprint density at radius 3 is 2.33 bits per heavy atom. The Bertz CT molecular complexity index is 369. The molecule has 2 N–H and O–H groups in total. The van der Waals surface area contributed by atoms with E-state index in [2.05, 4.69) is 0 Å². The van der Waals surface area contributed by atoms with E-state index >= 15 is 0 Å². The summed E-state index contributed by atoms with van der Waals surface area (Å²) in [7, 11) is 0. The third-order valence-electron chi connectivity index (χ3n) is 2.85. The first-order valence-corrected chi connectivity index (χ1v) is 5.30. The largest absolute Gasteiger partial charge is 0.327 e. The number of rotatable bonds is 3. The number of carbonyl (C=O) groups excluding carboxylic acids is 1. The Balaban J connectivity index is 3.01. The molecule has 2 heteroatoms. The first-order valence-electron chi connectivity index (χ1n) is 5.30. The van der Waals surface area contributed by atoms with E-state index in [1.54, 1.807) is 0 Å². The van der Waals surface area contributed by atoms with Crippen molar-refractivity contribution in [3.63, 3.8) is 0 Å². The fraction of sp³-hybridized carbons (Fsp3) is 0.462. The molecule has 0 fully saturated rings. The number of aryl methyl sites for hydroxylation is 2. The fourth-order valence-electron chi connectivity index (χ4n) is 1.57. The van der Waals surface area contributed by atoms with Gasteiger partial charge in [-0.15, -0.1) is 0 Å². The summed E-state index contributed by atoms with van der Waals surface area (Å²) in [5.41, 5.74) is 8.74. The van der Waals surface area contributed by atoms with E-state index in [1.165, 1.54) is 5.56 Å². The van der Waals surface area contributed by atoms with Crippen LogP contribution in [0.5, 0.6) is 0 Å². The molecule has 0 amide bonds. The second-order valence-electron chi connectivity index (χ2n) is 4.33. The third kappa shape index (κ3) is 2.66. The van der Waals surface area contributed by atoms with E-state index in [0.29, 0.717) is 0 Å². The monoisotopic (exact) mass is 205 g/mol. The van der Waals surface area contributed by atoms with E-state index in [0.717, 1.165) is 11.1 Å². The van der Waals surface area contributed by atoms with Gasteiger partial charge < -0.3 is 5.73 Å². The molecule has 0 aliphatic carbocycles. The minimum Gasteiger partial charge on any atom is -0.327 e. The lowest BCUT2D eigenvalue weighted by Gasteiger charge is -2.15. The van der Waals surface area contributed by atoms with Gasteiger partial charge in [0, 0.05) is 17.5 Å². The highest BCUT2D eigenvalue weighted by molar-refractivity contribution is 5.99. The van der Waals surface area contributed by atoms with Crippen LogP contribution >= 0.6 is 0 Å². The Hall–Kier alpha value is -1.15. The Morgan fingerprint density at radius 2 is 1.87 bits per heavy atom. The predicted octanol–water partition coefficient (Wildman–Crippen LogP) is 2.47. The summed E-state index contributed by atoms with van der Waals surface area (Å²) in [6.07, 6.45) is 0. The molecule has 0 saturated heterocycles. The topological polar surface area (TPSA) is 43.1 Å². The molecule has 2 atom stereocenters. The lowest BCUT2D eigenvalue weighted by molar-refractivity contribution is 0.0916. The summed E-state index contributed by atoms with van der Waals surface area (Å²) in [5, 5.41) is 0. The fourth-order valence-corrected chi connectivity index (χ4v) is 1.57. The average Bonchev–Trinajstić information content (AvgIpc) is 2.15. The lowest BCUT2D eigenvalue weighted by atomic mass is 9.91. The van der Waals surface area contributed by atoms with Gasteiger partial charge in [-0.05, 0) is 26.3 Å². The number of ketones is 1. The standard InChI is InChI=1S/C13H19NO/c1-8-5-6-12(9(2)7-8)13(15)10(3)11(4)14/h5-7,10-11H,14H2,1-4H3. The SMILES string of the molecule is Cc1ccc(C(=O)C(C)C(C)N)c(C)c1.